The predicted octanol–water partition coefficient (Wildman–Crippen LogP) is 4.41. The minimum atomic E-state index is 0.0815. The topological polar surface area (TPSA) is 33.1 Å². The number of rotatable bonds is 1. The Balaban J connectivity index is 2.63. The first-order valence-corrected chi connectivity index (χ1v) is 5.52. The summed E-state index contributed by atoms with van der Waals surface area (Å²) in [7, 11) is 0. The van der Waals surface area contributed by atoms with Gasteiger partial charge in [-0.1, -0.05) is 34.8 Å². The van der Waals surface area contributed by atoms with E-state index in [9.17, 15) is 0 Å². The van der Waals surface area contributed by atoms with Crippen LogP contribution in [-0.4, -0.2) is 10.1 Å². The van der Waals surface area contributed by atoms with Crippen molar-refractivity contribution < 1.29 is 5.11 Å². The van der Waals surface area contributed by atoms with E-state index in [0.717, 1.165) is 0 Å². The number of halogens is 3. The fourth-order valence-corrected chi connectivity index (χ4v) is 2.02. The lowest BCUT2D eigenvalue weighted by Crippen LogP contribution is -1.86. The van der Waals surface area contributed by atoms with E-state index in [4.69, 9.17) is 39.9 Å². The molecule has 2 aromatic rings. The normalized spacial score (nSPS) is 10.4. The van der Waals surface area contributed by atoms with E-state index < -0.39 is 0 Å². The van der Waals surface area contributed by atoms with Crippen molar-refractivity contribution in [1.82, 2.24) is 4.98 Å². The van der Waals surface area contributed by atoms with Crippen LogP contribution >= 0.6 is 34.8 Å². The SMILES string of the molecule is Oc1ccc(-c2c(Cl)ccc(Cl)c2Cl)nc1. The summed E-state index contributed by atoms with van der Waals surface area (Å²) in [6.07, 6.45) is 1.32. The summed E-state index contributed by atoms with van der Waals surface area (Å²) in [5.41, 5.74) is 1.13. The lowest BCUT2D eigenvalue weighted by molar-refractivity contribution is 0.473. The zero-order valence-electron chi connectivity index (χ0n) is 7.92. The van der Waals surface area contributed by atoms with Crippen molar-refractivity contribution in [3.63, 3.8) is 0 Å². The lowest BCUT2D eigenvalue weighted by atomic mass is 10.1. The van der Waals surface area contributed by atoms with Crippen LogP contribution in [0.25, 0.3) is 11.3 Å². The molecule has 2 rings (SSSR count). The second kappa shape index (κ2) is 4.50. The molecular weight excluding hydrogens is 268 g/mol. The molecule has 82 valence electrons. The molecule has 2 nitrogen and oxygen atoms in total. The smallest absolute Gasteiger partial charge is 0.133 e. The first kappa shape index (κ1) is 11.5. The molecule has 0 radical (unpaired) electrons. The number of pyridine rings is 1. The van der Waals surface area contributed by atoms with Crippen LogP contribution in [0.15, 0.2) is 30.5 Å². The van der Waals surface area contributed by atoms with E-state index in [1.807, 2.05) is 0 Å². The van der Waals surface area contributed by atoms with Crippen LogP contribution < -0.4 is 0 Å². The summed E-state index contributed by atoms with van der Waals surface area (Å²) >= 11 is 18.0. The Morgan fingerprint density at radius 1 is 0.938 bits per heavy atom. The van der Waals surface area contributed by atoms with Gasteiger partial charge in [0.05, 0.1) is 27.0 Å². The first-order valence-electron chi connectivity index (χ1n) is 4.38. The molecule has 0 aliphatic heterocycles. The molecule has 1 heterocycles. The van der Waals surface area contributed by atoms with Gasteiger partial charge in [0.1, 0.15) is 5.75 Å². The van der Waals surface area contributed by atoms with Gasteiger partial charge in [-0.25, -0.2) is 0 Å². The minimum absolute atomic E-state index is 0.0815. The average Bonchev–Trinajstić information content (AvgIpc) is 2.27. The summed E-state index contributed by atoms with van der Waals surface area (Å²) in [4.78, 5) is 4.03. The Hall–Kier alpha value is -0.960. The Bertz CT molecular complexity index is 525. The van der Waals surface area contributed by atoms with E-state index >= 15 is 0 Å². The average molecular weight is 275 g/mol. The van der Waals surface area contributed by atoms with Crippen molar-refractivity contribution in [2.24, 2.45) is 0 Å². The van der Waals surface area contributed by atoms with Crippen molar-refractivity contribution in [1.29, 1.82) is 0 Å². The first-order chi connectivity index (χ1) is 7.59. The van der Waals surface area contributed by atoms with Gasteiger partial charge in [-0.05, 0) is 24.3 Å². The molecule has 16 heavy (non-hydrogen) atoms. The molecule has 0 bridgehead atoms. The third kappa shape index (κ3) is 2.09. The quantitative estimate of drug-likeness (QED) is 0.781. The van der Waals surface area contributed by atoms with Gasteiger partial charge in [0.2, 0.25) is 0 Å². The summed E-state index contributed by atoms with van der Waals surface area (Å²) in [5, 5.41) is 10.4. The third-order valence-corrected chi connectivity index (χ3v) is 3.17. The molecule has 0 fully saturated rings. The van der Waals surface area contributed by atoms with Crippen LogP contribution in [0.3, 0.4) is 0 Å². The molecule has 0 aliphatic rings. The van der Waals surface area contributed by atoms with Crippen molar-refractivity contribution in [3.05, 3.63) is 45.5 Å². The van der Waals surface area contributed by atoms with Crippen molar-refractivity contribution in [2.45, 2.75) is 0 Å². The van der Waals surface area contributed by atoms with Crippen LogP contribution in [0, 0.1) is 0 Å². The Morgan fingerprint density at radius 3 is 2.25 bits per heavy atom. The fraction of sp³-hybridized carbons (Fsp3) is 0. The molecule has 0 spiro atoms. The van der Waals surface area contributed by atoms with Gasteiger partial charge in [-0.2, -0.15) is 0 Å². The zero-order valence-corrected chi connectivity index (χ0v) is 10.2. The summed E-state index contributed by atoms with van der Waals surface area (Å²) in [6, 6.07) is 6.41. The lowest BCUT2D eigenvalue weighted by Gasteiger charge is -2.07. The van der Waals surface area contributed by atoms with Gasteiger partial charge in [0, 0.05) is 5.56 Å². The highest BCUT2D eigenvalue weighted by Gasteiger charge is 2.12. The monoisotopic (exact) mass is 273 g/mol. The van der Waals surface area contributed by atoms with Crippen LogP contribution in [0.2, 0.25) is 15.1 Å². The largest absolute Gasteiger partial charge is 0.506 e. The Morgan fingerprint density at radius 2 is 1.62 bits per heavy atom. The molecule has 1 N–H and O–H groups in total. The van der Waals surface area contributed by atoms with Crippen LogP contribution in [0.1, 0.15) is 0 Å². The summed E-state index contributed by atoms with van der Waals surface area (Å²) < 4.78 is 0. The van der Waals surface area contributed by atoms with Gasteiger partial charge < -0.3 is 5.11 Å². The molecule has 5 heteroatoms. The summed E-state index contributed by atoms with van der Waals surface area (Å²) in [5.74, 6) is 0.0815. The molecule has 0 amide bonds. The summed E-state index contributed by atoms with van der Waals surface area (Å²) in [6.45, 7) is 0. The van der Waals surface area contributed by atoms with Crippen molar-refractivity contribution in [3.8, 4) is 17.0 Å². The van der Waals surface area contributed by atoms with E-state index in [1.54, 1.807) is 18.2 Å². The third-order valence-electron chi connectivity index (χ3n) is 2.05. The number of hydrogen-bond acceptors (Lipinski definition) is 2. The van der Waals surface area contributed by atoms with Crippen LogP contribution in [-0.2, 0) is 0 Å². The zero-order chi connectivity index (χ0) is 11.7. The fourth-order valence-electron chi connectivity index (χ4n) is 1.30. The van der Waals surface area contributed by atoms with Gasteiger partial charge in [-0.3, -0.25) is 4.98 Å². The molecule has 0 saturated heterocycles. The minimum Gasteiger partial charge on any atom is -0.506 e. The molecular formula is C11H6Cl3NO. The maximum Gasteiger partial charge on any atom is 0.133 e. The number of nitrogens with zero attached hydrogens (tertiary/aromatic N) is 1. The highest BCUT2D eigenvalue weighted by molar-refractivity contribution is 6.46. The van der Waals surface area contributed by atoms with Gasteiger partial charge in [0.25, 0.3) is 0 Å². The number of aromatic nitrogens is 1. The number of hydrogen-bond donors (Lipinski definition) is 1. The number of aromatic hydroxyl groups is 1. The molecule has 0 aliphatic carbocycles. The van der Waals surface area contributed by atoms with E-state index in [-0.39, 0.29) is 5.75 Å². The maximum atomic E-state index is 9.14. The predicted molar refractivity (Wildman–Crippen MR) is 66.4 cm³/mol. The number of benzene rings is 1. The second-order valence-corrected chi connectivity index (χ2v) is 4.31. The van der Waals surface area contributed by atoms with Crippen molar-refractivity contribution in [2.75, 3.05) is 0 Å². The van der Waals surface area contributed by atoms with Crippen LogP contribution in [0.4, 0.5) is 0 Å². The molecule has 0 atom stereocenters. The highest BCUT2D eigenvalue weighted by Crippen LogP contribution is 2.38. The highest BCUT2D eigenvalue weighted by atomic mass is 35.5. The molecule has 0 saturated carbocycles. The standard InChI is InChI=1S/C11H6Cl3NO/c12-7-2-3-8(13)11(14)10(7)9-4-1-6(16)5-15-9/h1-5,16H. The van der Waals surface area contributed by atoms with Gasteiger partial charge in [-0.15, -0.1) is 0 Å². The van der Waals surface area contributed by atoms with E-state index in [1.165, 1.54) is 12.3 Å². The van der Waals surface area contributed by atoms with Gasteiger partial charge in [0.15, 0.2) is 0 Å². The second-order valence-electron chi connectivity index (χ2n) is 3.12. The van der Waals surface area contributed by atoms with Gasteiger partial charge >= 0.3 is 0 Å². The molecule has 1 aromatic carbocycles. The van der Waals surface area contributed by atoms with E-state index in [0.29, 0.717) is 26.3 Å². The molecule has 1 aromatic heterocycles. The maximum absolute atomic E-state index is 9.14. The Kier molecular flexibility index (Phi) is 3.24. The van der Waals surface area contributed by atoms with E-state index in [2.05, 4.69) is 4.98 Å². The Labute approximate surface area is 107 Å². The molecule has 0 unspecified atom stereocenters. The van der Waals surface area contributed by atoms with Crippen molar-refractivity contribution >= 4 is 34.8 Å². The van der Waals surface area contributed by atoms with Crippen LogP contribution in [0.5, 0.6) is 5.75 Å².